The van der Waals surface area contributed by atoms with Crippen molar-refractivity contribution in [1.29, 1.82) is 0 Å². The van der Waals surface area contributed by atoms with Gasteiger partial charge in [0.1, 0.15) is 0 Å². The number of para-hydroxylation sites is 1. The summed E-state index contributed by atoms with van der Waals surface area (Å²) in [7, 11) is 0. The fourth-order valence-electron chi connectivity index (χ4n) is 1.42. The number of hydrogen-bond donors (Lipinski definition) is 3. The monoisotopic (exact) mass is 231 g/mol. The van der Waals surface area contributed by atoms with Crippen molar-refractivity contribution in [2.75, 3.05) is 5.32 Å². The summed E-state index contributed by atoms with van der Waals surface area (Å²) in [4.78, 5) is 8.22. The lowest BCUT2D eigenvalue weighted by atomic mass is 10.3. The van der Waals surface area contributed by atoms with E-state index in [1.807, 2.05) is 30.3 Å². The third-order valence-electron chi connectivity index (χ3n) is 2.19. The summed E-state index contributed by atoms with van der Waals surface area (Å²) in [6.45, 7) is -0.363. The molecule has 2 aromatic rings. The first-order valence-electron chi connectivity index (χ1n) is 5.22. The van der Waals surface area contributed by atoms with Gasteiger partial charge in [0, 0.05) is 5.69 Å². The number of nitrogens with one attached hydrogen (secondary N) is 1. The second-order valence-corrected chi connectivity index (χ2v) is 3.48. The third-order valence-corrected chi connectivity index (χ3v) is 2.19. The van der Waals surface area contributed by atoms with Crippen LogP contribution in [0.4, 0.5) is 11.6 Å². The van der Waals surface area contributed by atoms with Crippen LogP contribution in [0.3, 0.4) is 0 Å². The van der Waals surface area contributed by atoms with Gasteiger partial charge in [0.2, 0.25) is 5.95 Å². The number of aromatic nitrogens is 2. The zero-order valence-corrected chi connectivity index (χ0v) is 9.17. The minimum absolute atomic E-state index is 0.182. The van der Waals surface area contributed by atoms with E-state index in [0.29, 0.717) is 17.3 Å². The standard InChI is InChI=1S/C12H13N3O2/c16-7-10-6-11(8-17)15-12(14-10)13-9-4-2-1-3-5-9/h1-6,16-17H,7-8H2,(H,13,14,15). The molecule has 5 heteroatoms. The molecule has 0 bridgehead atoms. The predicted molar refractivity (Wildman–Crippen MR) is 63.6 cm³/mol. The van der Waals surface area contributed by atoms with Gasteiger partial charge in [-0.1, -0.05) is 18.2 Å². The van der Waals surface area contributed by atoms with E-state index in [2.05, 4.69) is 15.3 Å². The third kappa shape index (κ3) is 2.99. The van der Waals surface area contributed by atoms with Gasteiger partial charge in [-0.2, -0.15) is 0 Å². The Bertz CT molecular complexity index is 466. The highest BCUT2D eigenvalue weighted by atomic mass is 16.3. The molecule has 0 saturated carbocycles. The van der Waals surface area contributed by atoms with E-state index in [1.165, 1.54) is 0 Å². The van der Waals surface area contributed by atoms with E-state index in [1.54, 1.807) is 6.07 Å². The molecule has 0 spiro atoms. The van der Waals surface area contributed by atoms with Crippen molar-refractivity contribution in [3.05, 3.63) is 47.8 Å². The molecular formula is C12H13N3O2. The van der Waals surface area contributed by atoms with Gasteiger partial charge < -0.3 is 15.5 Å². The molecular weight excluding hydrogens is 218 g/mol. The van der Waals surface area contributed by atoms with Crippen LogP contribution in [0.1, 0.15) is 11.4 Å². The van der Waals surface area contributed by atoms with Crippen LogP contribution in [-0.4, -0.2) is 20.2 Å². The summed E-state index contributed by atoms with van der Waals surface area (Å²) in [5.41, 5.74) is 1.80. The van der Waals surface area contributed by atoms with Crippen molar-refractivity contribution in [2.24, 2.45) is 0 Å². The van der Waals surface area contributed by atoms with Gasteiger partial charge in [0.25, 0.3) is 0 Å². The summed E-state index contributed by atoms with van der Waals surface area (Å²) in [6.07, 6.45) is 0. The predicted octanol–water partition coefficient (Wildman–Crippen LogP) is 1.20. The van der Waals surface area contributed by atoms with Crippen LogP contribution in [0.5, 0.6) is 0 Å². The van der Waals surface area contributed by atoms with E-state index in [0.717, 1.165) is 5.69 Å². The summed E-state index contributed by atoms with van der Waals surface area (Å²) in [5.74, 6) is 0.367. The Balaban J connectivity index is 2.26. The Morgan fingerprint density at radius 2 is 1.53 bits per heavy atom. The molecule has 1 heterocycles. The van der Waals surface area contributed by atoms with Crippen LogP contribution in [0.25, 0.3) is 0 Å². The zero-order chi connectivity index (χ0) is 12.1. The topological polar surface area (TPSA) is 78.3 Å². The minimum atomic E-state index is -0.182. The molecule has 1 aromatic heterocycles. The first-order valence-corrected chi connectivity index (χ1v) is 5.22. The molecule has 0 unspecified atom stereocenters. The first-order chi connectivity index (χ1) is 8.31. The minimum Gasteiger partial charge on any atom is -0.390 e. The molecule has 0 aliphatic rings. The van der Waals surface area contributed by atoms with Gasteiger partial charge >= 0.3 is 0 Å². The van der Waals surface area contributed by atoms with Crippen molar-refractivity contribution in [3.8, 4) is 0 Å². The van der Waals surface area contributed by atoms with Crippen LogP contribution >= 0.6 is 0 Å². The summed E-state index contributed by atoms with van der Waals surface area (Å²) >= 11 is 0. The highest BCUT2D eigenvalue weighted by Gasteiger charge is 2.03. The highest BCUT2D eigenvalue weighted by molar-refractivity contribution is 5.52. The maximum atomic E-state index is 9.05. The summed E-state index contributed by atoms with van der Waals surface area (Å²) < 4.78 is 0. The van der Waals surface area contributed by atoms with Crippen molar-refractivity contribution in [2.45, 2.75) is 13.2 Å². The lowest BCUT2D eigenvalue weighted by molar-refractivity contribution is 0.268. The van der Waals surface area contributed by atoms with E-state index >= 15 is 0 Å². The van der Waals surface area contributed by atoms with E-state index in [9.17, 15) is 0 Å². The van der Waals surface area contributed by atoms with Gasteiger partial charge in [-0.15, -0.1) is 0 Å². The van der Waals surface area contributed by atoms with Crippen LogP contribution < -0.4 is 5.32 Å². The molecule has 88 valence electrons. The molecule has 0 fully saturated rings. The molecule has 0 aliphatic carbocycles. The number of aliphatic hydroxyl groups excluding tert-OH is 2. The fourth-order valence-corrected chi connectivity index (χ4v) is 1.42. The van der Waals surface area contributed by atoms with Crippen LogP contribution in [0.15, 0.2) is 36.4 Å². The molecule has 5 nitrogen and oxygen atoms in total. The van der Waals surface area contributed by atoms with Gasteiger partial charge in [-0.25, -0.2) is 9.97 Å². The Hall–Kier alpha value is -1.98. The van der Waals surface area contributed by atoms with Crippen LogP contribution in [-0.2, 0) is 13.2 Å². The van der Waals surface area contributed by atoms with E-state index in [4.69, 9.17) is 10.2 Å². The smallest absolute Gasteiger partial charge is 0.227 e. The maximum Gasteiger partial charge on any atom is 0.227 e. The Labute approximate surface area is 98.8 Å². The van der Waals surface area contributed by atoms with Gasteiger partial charge in [-0.05, 0) is 18.2 Å². The Morgan fingerprint density at radius 3 is 2.06 bits per heavy atom. The molecule has 0 amide bonds. The second-order valence-electron chi connectivity index (χ2n) is 3.48. The SMILES string of the molecule is OCc1cc(CO)nc(Nc2ccccc2)n1. The van der Waals surface area contributed by atoms with Crippen molar-refractivity contribution < 1.29 is 10.2 Å². The van der Waals surface area contributed by atoms with Crippen molar-refractivity contribution in [1.82, 2.24) is 9.97 Å². The quantitative estimate of drug-likeness (QED) is 0.737. The normalized spacial score (nSPS) is 10.2. The second kappa shape index (κ2) is 5.38. The summed E-state index contributed by atoms with van der Waals surface area (Å²) in [5, 5.41) is 21.1. The number of anilines is 2. The average Bonchev–Trinajstić information content (AvgIpc) is 2.39. The first kappa shape index (κ1) is 11.5. The highest BCUT2D eigenvalue weighted by Crippen LogP contribution is 2.13. The van der Waals surface area contributed by atoms with Gasteiger partial charge in [0.15, 0.2) is 0 Å². The van der Waals surface area contributed by atoms with Gasteiger partial charge in [-0.3, -0.25) is 0 Å². The molecule has 3 N–H and O–H groups in total. The van der Waals surface area contributed by atoms with Crippen LogP contribution in [0, 0.1) is 0 Å². The number of hydrogen-bond acceptors (Lipinski definition) is 5. The molecule has 0 atom stereocenters. The van der Waals surface area contributed by atoms with Crippen molar-refractivity contribution in [3.63, 3.8) is 0 Å². The zero-order valence-electron chi connectivity index (χ0n) is 9.17. The number of benzene rings is 1. The molecule has 2 rings (SSSR count). The lowest BCUT2D eigenvalue weighted by Gasteiger charge is -2.07. The average molecular weight is 231 g/mol. The number of aliphatic hydroxyl groups is 2. The van der Waals surface area contributed by atoms with Gasteiger partial charge in [0.05, 0.1) is 24.6 Å². The largest absolute Gasteiger partial charge is 0.390 e. The number of nitrogens with zero attached hydrogens (tertiary/aromatic N) is 2. The number of rotatable bonds is 4. The van der Waals surface area contributed by atoms with Crippen molar-refractivity contribution >= 4 is 11.6 Å². The fraction of sp³-hybridized carbons (Fsp3) is 0.167. The molecule has 0 aliphatic heterocycles. The van der Waals surface area contributed by atoms with E-state index in [-0.39, 0.29) is 13.2 Å². The van der Waals surface area contributed by atoms with E-state index < -0.39 is 0 Å². The molecule has 1 aromatic carbocycles. The Morgan fingerprint density at radius 1 is 0.941 bits per heavy atom. The summed E-state index contributed by atoms with van der Waals surface area (Å²) in [6, 6.07) is 11.0. The Kier molecular flexibility index (Phi) is 3.64. The molecule has 17 heavy (non-hydrogen) atoms. The maximum absolute atomic E-state index is 9.05. The lowest BCUT2D eigenvalue weighted by Crippen LogP contribution is -2.03. The molecule has 0 radical (unpaired) electrons. The molecule has 0 saturated heterocycles. The van der Waals surface area contributed by atoms with Crippen LogP contribution in [0.2, 0.25) is 0 Å².